The van der Waals surface area contributed by atoms with Gasteiger partial charge in [-0.2, -0.15) is 13.2 Å². The average molecular weight is 547 g/mol. The van der Waals surface area contributed by atoms with E-state index in [4.69, 9.17) is 4.74 Å². The van der Waals surface area contributed by atoms with Gasteiger partial charge >= 0.3 is 6.18 Å². The zero-order valence-electron chi connectivity index (χ0n) is 23.8. The van der Waals surface area contributed by atoms with E-state index in [1.807, 2.05) is 12.1 Å². The number of alkyl halides is 3. The topological polar surface area (TPSA) is 9.23 Å². The Hall–Kier alpha value is -2.04. The Balaban J connectivity index is 1.27. The first-order valence-corrected chi connectivity index (χ1v) is 15.4. The van der Waals surface area contributed by atoms with Gasteiger partial charge in [-0.25, -0.2) is 4.39 Å². The smallest absolute Gasteiger partial charge is 0.419 e. The molecule has 0 unspecified atom stereocenters. The first kappa shape index (κ1) is 29.9. The molecule has 2 saturated carbocycles. The van der Waals surface area contributed by atoms with E-state index in [0.717, 1.165) is 23.3 Å². The van der Waals surface area contributed by atoms with E-state index in [2.05, 4.69) is 19.1 Å². The van der Waals surface area contributed by atoms with Crippen LogP contribution in [0.1, 0.15) is 119 Å². The normalized spacial score (nSPS) is 24.1. The van der Waals surface area contributed by atoms with Crippen LogP contribution in [-0.2, 0) is 19.0 Å². The molecule has 0 radical (unpaired) electrons. The van der Waals surface area contributed by atoms with Crippen molar-refractivity contribution in [3.8, 4) is 5.75 Å². The largest absolute Gasteiger partial charge is 0.491 e. The van der Waals surface area contributed by atoms with Crippen LogP contribution in [0, 0.1) is 23.6 Å². The number of aryl methyl sites for hydroxylation is 2. The molecule has 0 heterocycles. The van der Waals surface area contributed by atoms with Crippen LogP contribution in [0.3, 0.4) is 0 Å². The number of hydrogen-bond donors (Lipinski definition) is 0. The number of rotatable bonds is 11. The van der Waals surface area contributed by atoms with Crippen LogP contribution in [0.25, 0.3) is 0 Å². The Labute approximate surface area is 232 Å². The molecule has 0 aliphatic heterocycles. The van der Waals surface area contributed by atoms with E-state index in [9.17, 15) is 17.6 Å². The van der Waals surface area contributed by atoms with Gasteiger partial charge in [0.1, 0.15) is 0 Å². The molecule has 2 aromatic carbocycles. The van der Waals surface area contributed by atoms with Gasteiger partial charge in [0.2, 0.25) is 0 Å². The molecule has 1 nitrogen and oxygen atoms in total. The van der Waals surface area contributed by atoms with E-state index < -0.39 is 17.6 Å². The summed E-state index contributed by atoms with van der Waals surface area (Å²) in [6.07, 6.45) is 12.2. The molecule has 0 amide bonds. The molecular formula is C34H46F4O. The van der Waals surface area contributed by atoms with Crippen molar-refractivity contribution in [2.24, 2.45) is 17.8 Å². The zero-order chi connectivity index (χ0) is 27.8. The minimum atomic E-state index is -4.76. The molecule has 0 saturated heterocycles. The molecule has 216 valence electrons. The van der Waals surface area contributed by atoms with E-state index in [0.29, 0.717) is 12.3 Å². The predicted octanol–water partition coefficient (Wildman–Crippen LogP) is 10.7. The molecule has 0 bridgehead atoms. The van der Waals surface area contributed by atoms with Gasteiger partial charge in [0.15, 0.2) is 11.6 Å². The number of benzene rings is 2. The maximum absolute atomic E-state index is 14.6. The van der Waals surface area contributed by atoms with Gasteiger partial charge in [0.25, 0.3) is 0 Å². The van der Waals surface area contributed by atoms with E-state index in [1.54, 1.807) is 6.92 Å². The molecule has 2 fully saturated rings. The fraction of sp³-hybridized carbons (Fsp3) is 0.647. The Morgan fingerprint density at radius 3 is 2.00 bits per heavy atom. The molecule has 0 spiro atoms. The van der Waals surface area contributed by atoms with Crippen LogP contribution >= 0.6 is 0 Å². The van der Waals surface area contributed by atoms with E-state index >= 15 is 0 Å². The molecule has 4 rings (SSSR count). The molecule has 2 aliphatic carbocycles. The van der Waals surface area contributed by atoms with Gasteiger partial charge in [-0.15, -0.1) is 0 Å². The lowest BCUT2D eigenvalue weighted by Crippen LogP contribution is -2.25. The molecule has 39 heavy (non-hydrogen) atoms. The number of ether oxygens (including phenoxy) is 1. The summed E-state index contributed by atoms with van der Waals surface area (Å²) in [7, 11) is 0. The highest BCUT2D eigenvalue weighted by Crippen LogP contribution is 2.45. The second-order valence-electron chi connectivity index (χ2n) is 12.0. The van der Waals surface area contributed by atoms with Gasteiger partial charge in [-0.1, -0.05) is 75.8 Å². The summed E-state index contributed by atoms with van der Waals surface area (Å²) in [5.41, 5.74) is 1.10. The maximum atomic E-state index is 14.6. The third kappa shape index (κ3) is 8.01. The highest BCUT2D eigenvalue weighted by Gasteiger charge is 2.38. The molecule has 5 heteroatoms. The average Bonchev–Trinajstić information content (AvgIpc) is 2.93. The predicted molar refractivity (Wildman–Crippen MR) is 151 cm³/mol. The van der Waals surface area contributed by atoms with Gasteiger partial charge in [-0.3, -0.25) is 0 Å². The van der Waals surface area contributed by atoms with Crippen molar-refractivity contribution >= 4 is 0 Å². The number of unbranched alkanes of at least 4 members (excludes halogenated alkanes) is 2. The monoisotopic (exact) mass is 546 g/mol. The fourth-order valence-electron chi connectivity index (χ4n) is 7.17. The lowest BCUT2D eigenvalue weighted by molar-refractivity contribution is -0.140. The zero-order valence-corrected chi connectivity index (χ0v) is 23.8. The summed E-state index contributed by atoms with van der Waals surface area (Å²) < 4.78 is 60.5. The van der Waals surface area contributed by atoms with Crippen LogP contribution in [-0.4, -0.2) is 6.61 Å². The van der Waals surface area contributed by atoms with E-state index in [1.165, 1.54) is 94.7 Å². The van der Waals surface area contributed by atoms with Crippen molar-refractivity contribution < 1.29 is 22.3 Å². The van der Waals surface area contributed by atoms with Crippen molar-refractivity contribution in [1.29, 1.82) is 0 Å². The second-order valence-corrected chi connectivity index (χ2v) is 12.0. The fourth-order valence-corrected chi connectivity index (χ4v) is 7.17. The summed E-state index contributed by atoms with van der Waals surface area (Å²) in [5, 5.41) is 0. The third-order valence-corrected chi connectivity index (χ3v) is 9.46. The number of hydrogen-bond acceptors (Lipinski definition) is 1. The quantitative estimate of drug-likeness (QED) is 0.201. The van der Waals surface area contributed by atoms with Crippen molar-refractivity contribution in [1.82, 2.24) is 0 Å². The highest BCUT2D eigenvalue weighted by atomic mass is 19.4. The molecule has 0 atom stereocenters. The van der Waals surface area contributed by atoms with Gasteiger partial charge in [0.05, 0.1) is 12.2 Å². The third-order valence-electron chi connectivity index (χ3n) is 9.46. The summed E-state index contributed by atoms with van der Waals surface area (Å²) in [4.78, 5) is 0. The first-order chi connectivity index (χ1) is 18.8. The summed E-state index contributed by atoms with van der Waals surface area (Å²) >= 11 is 0. The van der Waals surface area contributed by atoms with Crippen molar-refractivity contribution in [3.05, 3.63) is 64.5 Å². The minimum Gasteiger partial charge on any atom is -0.491 e. The molecular weight excluding hydrogens is 500 g/mol. The highest BCUT2D eigenvalue weighted by molar-refractivity contribution is 5.40. The Kier molecular flexibility index (Phi) is 10.8. The van der Waals surface area contributed by atoms with Crippen LogP contribution in [0.2, 0.25) is 0 Å². The lowest BCUT2D eigenvalue weighted by atomic mass is 9.68. The second kappa shape index (κ2) is 14.0. The van der Waals surface area contributed by atoms with Crippen molar-refractivity contribution in [3.63, 3.8) is 0 Å². The Morgan fingerprint density at radius 2 is 1.41 bits per heavy atom. The SMILES string of the molecule is CCCCCC1CCC(C2CCC(c3ccc(CCc4ccc(OCC)c(F)c4C(F)(F)F)cc3)CC2)CC1. The maximum Gasteiger partial charge on any atom is 0.419 e. The first-order valence-electron chi connectivity index (χ1n) is 15.4. The molecule has 0 N–H and O–H groups in total. The molecule has 0 aromatic heterocycles. The Bertz CT molecular complexity index is 1010. The standard InChI is InChI=1S/C34H46F4O/c1-3-5-6-7-24-8-13-26(14-9-24)28-18-20-29(21-19-28)27-15-10-25(11-16-27)12-17-30-22-23-31(39-4-2)33(35)32(30)34(36,37)38/h10-11,15-16,22-24,26,28-29H,3-9,12-14,17-21H2,1-2H3. The van der Waals surface area contributed by atoms with Crippen molar-refractivity contribution in [2.75, 3.05) is 6.61 Å². The van der Waals surface area contributed by atoms with Crippen molar-refractivity contribution in [2.45, 2.75) is 116 Å². The number of halogens is 4. The summed E-state index contributed by atoms with van der Waals surface area (Å²) in [6.45, 7) is 4.02. The molecule has 2 aromatic rings. The van der Waals surface area contributed by atoms with E-state index in [-0.39, 0.29) is 24.3 Å². The van der Waals surface area contributed by atoms with Gasteiger partial charge in [-0.05, 0) is 105 Å². The van der Waals surface area contributed by atoms with Gasteiger partial charge in [0, 0.05) is 0 Å². The lowest BCUT2D eigenvalue weighted by Gasteiger charge is -2.38. The van der Waals surface area contributed by atoms with Crippen LogP contribution in [0.15, 0.2) is 36.4 Å². The van der Waals surface area contributed by atoms with Crippen LogP contribution < -0.4 is 4.74 Å². The molecule has 2 aliphatic rings. The summed E-state index contributed by atoms with van der Waals surface area (Å²) in [5.74, 6) is 1.70. The summed E-state index contributed by atoms with van der Waals surface area (Å²) in [6, 6.07) is 11.1. The Morgan fingerprint density at radius 1 is 0.769 bits per heavy atom. The van der Waals surface area contributed by atoms with Crippen LogP contribution in [0.5, 0.6) is 5.75 Å². The van der Waals surface area contributed by atoms with Gasteiger partial charge < -0.3 is 4.74 Å². The van der Waals surface area contributed by atoms with Crippen LogP contribution in [0.4, 0.5) is 17.6 Å². The minimum absolute atomic E-state index is 0.0270.